The summed E-state index contributed by atoms with van der Waals surface area (Å²) < 4.78 is 93.2. The van der Waals surface area contributed by atoms with Crippen molar-refractivity contribution in [3.63, 3.8) is 0 Å². The van der Waals surface area contributed by atoms with Crippen molar-refractivity contribution in [2.24, 2.45) is 5.92 Å². The summed E-state index contributed by atoms with van der Waals surface area (Å²) in [6.45, 7) is 3.02. The Kier molecular flexibility index (Phi) is 8.62. The second kappa shape index (κ2) is 10.4. The standard InChI is InChI=1S/C22H30F6O2/c1-3-7-17-10-12-19(13-11-17)20(21(23,24)25,22(26,27)28)30-16(2)29-15-14-18-8-5-4-6-9-18/h10-13,16,18H,3-9,14-15H2,1-2H3. The Hall–Kier alpha value is -1.28. The van der Waals surface area contributed by atoms with Crippen LogP contribution in [0.15, 0.2) is 24.3 Å². The highest BCUT2D eigenvalue weighted by molar-refractivity contribution is 5.31. The van der Waals surface area contributed by atoms with Gasteiger partial charge in [-0.2, -0.15) is 26.3 Å². The van der Waals surface area contributed by atoms with Crippen LogP contribution in [-0.2, 0) is 21.5 Å². The second-order valence-electron chi connectivity index (χ2n) is 7.97. The van der Waals surface area contributed by atoms with Crippen LogP contribution < -0.4 is 0 Å². The fraction of sp³-hybridized carbons (Fsp3) is 0.727. The third-order valence-corrected chi connectivity index (χ3v) is 5.64. The summed E-state index contributed by atoms with van der Waals surface area (Å²) in [7, 11) is 0. The zero-order valence-corrected chi connectivity index (χ0v) is 17.4. The van der Waals surface area contributed by atoms with E-state index in [0.29, 0.717) is 24.3 Å². The number of rotatable bonds is 9. The molecule has 2 rings (SSSR count). The van der Waals surface area contributed by atoms with Gasteiger partial charge < -0.3 is 9.47 Å². The number of halogens is 6. The van der Waals surface area contributed by atoms with E-state index in [-0.39, 0.29) is 6.61 Å². The van der Waals surface area contributed by atoms with Crippen molar-refractivity contribution in [3.05, 3.63) is 35.4 Å². The van der Waals surface area contributed by atoms with Crippen molar-refractivity contribution in [2.45, 2.75) is 89.5 Å². The van der Waals surface area contributed by atoms with Crippen molar-refractivity contribution >= 4 is 0 Å². The van der Waals surface area contributed by atoms with Gasteiger partial charge in [0, 0.05) is 12.2 Å². The Morgan fingerprint density at radius 3 is 2.00 bits per heavy atom. The van der Waals surface area contributed by atoms with Gasteiger partial charge in [-0.05, 0) is 31.2 Å². The molecule has 1 saturated carbocycles. The first kappa shape index (κ1) is 25.0. The van der Waals surface area contributed by atoms with Crippen LogP contribution >= 0.6 is 0 Å². The molecule has 1 atom stereocenters. The highest BCUT2D eigenvalue weighted by Gasteiger charge is 2.74. The topological polar surface area (TPSA) is 18.5 Å². The summed E-state index contributed by atoms with van der Waals surface area (Å²) >= 11 is 0. The van der Waals surface area contributed by atoms with Crippen LogP contribution in [0.2, 0.25) is 0 Å². The fourth-order valence-corrected chi connectivity index (χ4v) is 4.04. The van der Waals surface area contributed by atoms with Gasteiger partial charge in [0.1, 0.15) is 0 Å². The average Bonchev–Trinajstić information content (AvgIpc) is 2.66. The van der Waals surface area contributed by atoms with Crippen LogP contribution in [0.1, 0.15) is 69.9 Å². The summed E-state index contributed by atoms with van der Waals surface area (Å²) in [5.41, 5.74) is -4.78. The molecule has 0 heterocycles. The van der Waals surface area contributed by atoms with E-state index in [4.69, 9.17) is 4.74 Å². The number of hydrogen-bond donors (Lipinski definition) is 0. The van der Waals surface area contributed by atoms with Gasteiger partial charge in [-0.1, -0.05) is 69.7 Å². The average molecular weight is 440 g/mol. The molecule has 0 bridgehead atoms. The SMILES string of the molecule is CCCc1ccc(C(OC(C)OCCC2CCCCC2)(C(F)(F)F)C(F)(F)F)cc1. The van der Waals surface area contributed by atoms with Gasteiger partial charge in [-0.25, -0.2) is 0 Å². The number of benzene rings is 1. The molecular weight excluding hydrogens is 410 g/mol. The molecule has 0 radical (unpaired) electrons. The lowest BCUT2D eigenvalue weighted by atomic mass is 9.87. The Balaban J connectivity index is 2.20. The van der Waals surface area contributed by atoms with Crippen molar-refractivity contribution < 1.29 is 35.8 Å². The van der Waals surface area contributed by atoms with E-state index in [1.165, 1.54) is 12.1 Å². The molecule has 1 aromatic carbocycles. The van der Waals surface area contributed by atoms with E-state index < -0.39 is 29.8 Å². The second-order valence-corrected chi connectivity index (χ2v) is 7.97. The van der Waals surface area contributed by atoms with Gasteiger partial charge in [-0.15, -0.1) is 0 Å². The van der Waals surface area contributed by atoms with Crippen LogP contribution in [0, 0.1) is 5.92 Å². The molecule has 0 saturated heterocycles. The molecule has 0 amide bonds. The normalized spacial score (nSPS) is 17.9. The molecule has 1 aliphatic carbocycles. The quantitative estimate of drug-likeness (QED) is 0.296. The first-order chi connectivity index (χ1) is 14.0. The molecular formula is C22H30F6O2. The maximum Gasteiger partial charge on any atom is 0.430 e. The molecule has 1 aromatic rings. The Bertz CT molecular complexity index is 619. The molecule has 1 fully saturated rings. The third kappa shape index (κ3) is 5.90. The summed E-state index contributed by atoms with van der Waals surface area (Å²) in [6.07, 6.45) is -5.83. The largest absolute Gasteiger partial charge is 0.430 e. The van der Waals surface area contributed by atoms with Gasteiger partial charge in [0.25, 0.3) is 5.60 Å². The van der Waals surface area contributed by atoms with Gasteiger partial charge in [-0.3, -0.25) is 0 Å². The lowest BCUT2D eigenvalue weighted by molar-refractivity contribution is -0.415. The van der Waals surface area contributed by atoms with E-state index >= 15 is 0 Å². The van der Waals surface area contributed by atoms with E-state index in [2.05, 4.69) is 4.74 Å². The van der Waals surface area contributed by atoms with E-state index in [9.17, 15) is 26.3 Å². The predicted molar refractivity (Wildman–Crippen MR) is 102 cm³/mol. The van der Waals surface area contributed by atoms with Crippen LogP contribution in [0.25, 0.3) is 0 Å². The van der Waals surface area contributed by atoms with Crippen molar-refractivity contribution in [3.8, 4) is 0 Å². The summed E-state index contributed by atoms with van der Waals surface area (Å²) in [5, 5.41) is 0. The van der Waals surface area contributed by atoms with Crippen molar-refractivity contribution in [1.82, 2.24) is 0 Å². The lowest BCUT2D eigenvalue weighted by Crippen LogP contribution is -2.57. The predicted octanol–water partition coefficient (Wildman–Crippen LogP) is 7.31. The molecule has 2 nitrogen and oxygen atoms in total. The Labute approximate surface area is 173 Å². The number of hydrogen-bond acceptors (Lipinski definition) is 2. The van der Waals surface area contributed by atoms with E-state index in [1.807, 2.05) is 6.92 Å². The van der Waals surface area contributed by atoms with E-state index in [1.54, 1.807) is 0 Å². The molecule has 0 aliphatic heterocycles. The molecule has 172 valence electrons. The zero-order chi connectivity index (χ0) is 22.4. The maximum absolute atomic E-state index is 13.9. The van der Waals surface area contributed by atoms with Crippen LogP contribution in [0.3, 0.4) is 0 Å². The number of ether oxygens (including phenoxy) is 2. The monoisotopic (exact) mass is 440 g/mol. The number of alkyl halides is 6. The summed E-state index contributed by atoms with van der Waals surface area (Å²) in [5.74, 6) is 0.395. The number of aryl methyl sites for hydroxylation is 1. The van der Waals surface area contributed by atoms with Gasteiger partial charge in [0.05, 0.1) is 0 Å². The molecule has 0 spiro atoms. The molecule has 1 unspecified atom stereocenters. The molecule has 0 aromatic heterocycles. The Morgan fingerprint density at radius 2 is 1.50 bits per heavy atom. The van der Waals surface area contributed by atoms with Crippen molar-refractivity contribution in [2.75, 3.05) is 6.61 Å². The smallest absolute Gasteiger partial charge is 0.353 e. The van der Waals surface area contributed by atoms with E-state index in [0.717, 1.165) is 57.6 Å². The van der Waals surface area contributed by atoms with Crippen LogP contribution in [0.5, 0.6) is 0 Å². The van der Waals surface area contributed by atoms with Crippen LogP contribution in [0.4, 0.5) is 26.3 Å². The zero-order valence-electron chi connectivity index (χ0n) is 17.4. The first-order valence-electron chi connectivity index (χ1n) is 10.5. The molecule has 1 aliphatic rings. The van der Waals surface area contributed by atoms with Crippen LogP contribution in [-0.4, -0.2) is 25.2 Å². The highest BCUT2D eigenvalue weighted by atomic mass is 19.4. The molecule has 30 heavy (non-hydrogen) atoms. The summed E-state index contributed by atoms with van der Waals surface area (Å²) in [4.78, 5) is 0. The third-order valence-electron chi connectivity index (χ3n) is 5.64. The van der Waals surface area contributed by atoms with Crippen molar-refractivity contribution in [1.29, 1.82) is 0 Å². The van der Waals surface area contributed by atoms with Gasteiger partial charge in [0.2, 0.25) is 0 Å². The fourth-order valence-electron chi connectivity index (χ4n) is 4.04. The minimum atomic E-state index is -5.71. The minimum Gasteiger partial charge on any atom is -0.353 e. The van der Waals surface area contributed by atoms with Gasteiger partial charge >= 0.3 is 12.4 Å². The Morgan fingerprint density at radius 1 is 0.933 bits per heavy atom. The first-order valence-corrected chi connectivity index (χ1v) is 10.5. The summed E-state index contributed by atoms with van der Waals surface area (Å²) in [6, 6.07) is 4.26. The lowest BCUT2D eigenvalue weighted by Gasteiger charge is -2.39. The molecule has 8 heteroatoms. The minimum absolute atomic E-state index is 0.0626. The van der Waals surface area contributed by atoms with Gasteiger partial charge in [0.15, 0.2) is 6.29 Å². The highest BCUT2D eigenvalue weighted by Crippen LogP contribution is 2.53. The molecule has 0 N–H and O–H groups in total. The maximum atomic E-state index is 13.9.